The van der Waals surface area contributed by atoms with Gasteiger partial charge in [0.2, 0.25) is 0 Å². The molecule has 1 fully saturated rings. The minimum atomic E-state index is -8.36. The number of halogens is 16. The molecule has 1 nitrogen and oxygen atoms in total. The van der Waals surface area contributed by atoms with Gasteiger partial charge in [0.25, 0.3) is 0 Å². The highest BCUT2D eigenvalue weighted by molar-refractivity contribution is 5.18. The van der Waals surface area contributed by atoms with Crippen LogP contribution in [0.25, 0.3) is 0 Å². The van der Waals surface area contributed by atoms with Crippen molar-refractivity contribution < 1.29 is 75.0 Å². The van der Waals surface area contributed by atoms with Crippen LogP contribution in [0, 0.1) is 0 Å². The molecule has 1 heterocycles. The molecule has 0 spiro atoms. The largest absolute Gasteiger partial charge is 0.460 e. The van der Waals surface area contributed by atoms with Gasteiger partial charge in [-0.05, 0) is 0 Å². The second-order valence-corrected chi connectivity index (χ2v) is 4.58. The lowest BCUT2D eigenvalue weighted by molar-refractivity contribution is -0.447. The topological polar surface area (TPSA) is 12.5 Å². The minimum Gasteiger partial charge on any atom is -0.265 e. The monoisotopic (exact) mass is 416 g/mol. The van der Waals surface area contributed by atoms with Gasteiger partial charge in [0, 0.05) is 0 Å². The van der Waals surface area contributed by atoms with Crippen LogP contribution in [0.15, 0.2) is 0 Å². The molecule has 1 aliphatic rings. The van der Waals surface area contributed by atoms with E-state index in [1.807, 2.05) is 0 Å². The van der Waals surface area contributed by atoms with E-state index >= 15 is 0 Å². The fourth-order valence-corrected chi connectivity index (χ4v) is 1.37. The lowest BCUT2D eigenvalue weighted by atomic mass is 9.92. The van der Waals surface area contributed by atoms with Crippen molar-refractivity contribution in [2.45, 2.75) is 47.8 Å². The lowest BCUT2D eigenvalue weighted by Crippen LogP contribution is -2.72. The fraction of sp³-hybridized carbons (Fsp3) is 1.00. The van der Waals surface area contributed by atoms with E-state index in [1.165, 1.54) is 0 Å². The van der Waals surface area contributed by atoms with E-state index in [0.29, 0.717) is 0 Å². The zero-order chi connectivity index (χ0) is 20.7. The van der Waals surface area contributed by atoms with Crippen LogP contribution in [0.5, 0.6) is 0 Å². The van der Waals surface area contributed by atoms with Crippen LogP contribution in [0.2, 0.25) is 0 Å². The average molecular weight is 416 g/mol. The van der Waals surface area contributed by atoms with Crippen LogP contribution in [-0.4, -0.2) is 47.8 Å². The normalized spacial score (nSPS) is 25.9. The van der Waals surface area contributed by atoms with Gasteiger partial charge in [0.1, 0.15) is 0 Å². The van der Waals surface area contributed by atoms with Crippen molar-refractivity contribution in [2.24, 2.45) is 0 Å². The van der Waals surface area contributed by atoms with Gasteiger partial charge in [-0.2, -0.15) is 70.2 Å². The van der Waals surface area contributed by atoms with Crippen LogP contribution >= 0.6 is 0 Å². The van der Waals surface area contributed by atoms with Crippen molar-refractivity contribution in [2.75, 3.05) is 0 Å². The quantitative estimate of drug-likeness (QED) is 0.454. The minimum absolute atomic E-state index is 2.09. The number of hydrogen-bond donors (Lipinski definition) is 0. The number of rotatable bonds is 5. The number of alkyl halides is 16. The predicted octanol–water partition coefficient (Wildman–Crippen LogP) is 5.01. The van der Waals surface area contributed by atoms with Gasteiger partial charge in [0.15, 0.2) is 0 Å². The Hall–Kier alpha value is -1.16. The van der Waals surface area contributed by atoms with Crippen LogP contribution in [0.1, 0.15) is 0 Å². The molecule has 17 heteroatoms. The summed E-state index contributed by atoms with van der Waals surface area (Å²) in [6.45, 7) is 0. The summed E-state index contributed by atoms with van der Waals surface area (Å²) in [5, 5.41) is 0. The first-order valence-corrected chi connectivity index (χ1v) is 5.18. The van der Waals surface area contributed by atoms with Crippen LogP contribution in [0.4, 0.5) is 70.2 Å². The summed E-state index contributed by atoms with van der Waals surface area (Å²) in [6, 6.07) is 0. The smallest absolute Gasteiger partial charge is 0.265 e. The molecule has 1 atom stereocenters. The highest BCUT2D eigenvalue weighted by Crippen LogP contribution is 2.68. The predicted molar refractivity (Wildman–Crippen MR) is 40.7 cm³/mol. The maximum atomic E-state index is 12.9. The van der Waals surface area contributed by atoms with E-state index in [0.717, 1.165) is 0 Å². The average Bonchev–Trinajstić information content (AvgIpc) is 2.87. The molecule has 0 saturated carbocycles. The Morgan fingerprint density at radius 1 is 0.480 bits per heavy atom. The SMILES string of the molecule is FC(F)(F)C(F)(F)C(F)(F)C(F)(F)C(F)(F)C(F)(F)[C@]1(F)OC1(F)F. The first-order valence-electron chi connectivity index (χ1n) is 5.18. The van der Waals surface area contributed by atoms with E-state index in [2.05, 4.69) is 4.74 Å². The summed E-state index contributed by atoms with van der Waals surface area (Å²) in [5.41, 5.74) is 0. The maximum Gasteiger partial charge on any atom is 0.460 e. The zero-order valence-electron chi connectivity index (χ0n) is 10.5. The molecule has 0 aromatic heterocycles. The van der Waals surface area contributed by atoms with Gasteiger partial charge in [-0.1, -0.05) is 0 Å². The van der Waals surface area contributed by atoms with Crippen molar-refractivity contribution in [1.29, 1.82) is 0 Å². The van der Waals surface area contributed by atoms with Crippen molar-refractivity contribution in [3.8, 4) is 0 Å². The summed E-state index contributed by atoms with van der Waals surface area (Å²) >= 11 is 0. The Morgan fingerprint density at radius 3 is 1.00 bits per heavy atom. The third kappa shape index (κ3) is 2.29. The van der Waals surface area contributed by atoms with Crippen LogP contribution < -0.4 is 0 Å². The molecule has 1 aliphatic heterocycles. The molecule has 0 unspecified atom stereocenters. The van der Waals surface area contributed by atoms with Crippen molar-refractivity contribution in [3.63, 3.8) is 0 Å². The number of epoxide rings is 1. The lowest BCUT2D eigenvalue weighted by Gasteiger charge is -2.39. The Balaban J connectivity index is 3.50. The first kappa shape index (κ1) is 21.9. The maximum absolute atomic E-state index is 12.9. The Bertz CT molecular complexity index is 545. The molecule has 0 amide bonds. The van der Waals surface area contributed by atoms with Gasteiger partial charge in [-0.15, -0.1) is 0 Å². The second kappa shape index (κ2) is 4.76. The molecule has 0 N–H and O–H groups in total. The van der Waals surface area contributed by atoms with E-state index in [4.69, 9.17) is 0 Å². The van der Waals surface area contributed by atoms with Crippen molar-refractivity contribution >= 4 is 0 Å². The molecule has 25 heavy (non-hydrogen) atoms. The highest BCUT2D eigenvalue weighted by Gasteiger charge is 3.00. The highest BCUT2D eigenvalue weighted by atomic mass is 19.4. The molecule has 0 aromatic rings. The molecule has 150 valence electrons. The Morgan fingerprint density at radius 2 is 0.760 bits per heavy atom. The summed E-state index contributed by atoms with van der Waals surface area (Å²) < 4.78 is 202. The standard InChI is InChI=1S/C8F16O/c9-1(10,3(13,14)5(17,18)7(20,21)22)2(11,12)4(15,16)6(19)8(23,24)25-6/t6-/m0/s1. The van der Waals surface area contributed by atoms with Gasteiger partial charge in [-0.25, -0.2) is 0 Å². The molecule has 0 radical (unpaired) electrons. The third-order valence-corrected chi connectivity index (χ3v) is 2.94. The van der Waals surface area contributed by atoms with Gasteiger partial charge >= 0.3 is 47.8 Å². The summed E-state index contributed by atoms with van der Waals surface area (Å²) in [7, 11) is 0. The van der Waals surface area contributed by atoms with Crippen LogP contribution in [0.3, 0.4) is 0 Å². The van der Waals surface area contributed by atoms with E-state index < -0.39 is 47.8 Å². The van der Waals surface area contributed by atoms with Crippen LogP contribution in [-0.2, 0) is 4.74 Å². The summed E-state index contributed by atoms with van der Waals surface area (Å²) in [4.78, 5) is 0. The van der Waals surface area contributed by atoms with Gasteiger partial charge < -0.3 is 0 Å². The van der Waals surface area contributed by atoms with Gasteiger partial charge in [-0.3, -0.25) is 4.74 Å². The van der Waals surface area contributed by atoms with E-state index in [9.17, 15) is 70.2 Å². The Kier molecular flexibility index (Phi) is 4.17. The number of ether oxygens (including phenoxy) is 1. The molecule has 0 aromatic carbocycles. The van der Waals surface area contributed by atoms with E-state index in [1.54, 1.807) is 0 Å². The molecule has 0 bridgehead atoms. The van der Waals surface area contributed by atoms with Gasteiger partial charge in [0.05, 0.1) is 0 Å². The second-order valence-electron chi connectivity index (χ2n) is 4.58. The Labute approximate surface area is 124 Å². The molecule has 1 saturated heterocycles. The zero-order valence-corrected chi connectivity index (χ0v) is 10.5. The van der Waals surface area contributed by atoms with Crippen molar-refractivity contribution in [3.05, 3.63) is 0 Å². The molecule has 1 rings (SSSR count). The van der Waals surface area contributed by atoms with Crippen molar-refractivity contribution in [1.82, 2.24) is 0 Å². The third-order valence-electron chi connectivity index (χ3n) is 2.94. The van der Waals surface area contributed by atoms with E-state index in [-0.39, 0.29) is 0 Å². The molecule has 0 aliphatic carbocycles. The summed E-state index contributed by atoms with van der Waals surface area (Å²) in [6.07, 6.45) is -13.6. The summed E-state index contributed by atoms with van der Waals surface area (Å²) in [5.74, 6) is -46.9. The molecular formula is C8F16O. The first-order chi connectivity index (χ1) is 10.5. The molecular weight excluding hydrogens is 416 g/mol. The number of hydrogen-bond acceptors (Lipinski definition) is 1. The fourth-order valence-electron chi connectivity index (χ4n) is 1.37.